The number of nitrogens with two attached hydrogens (primary N) is 1. The highest BCUT2D eigenvalue weighted by Gasteiger charge is 2.06. The second kappa shape index (κ2) is 8.11. The van der Waals surface area contributed by atoms with Gasteiger partial charge >= 0.3 is 0 Å². The maximum Gasteiger partial charge on any atom is 0.171 e. The summed E-state index contributed by atoms with van der Waals surface area (Å²) in [5.41, 5.74) is 5.97. The van der Waals surface area contributed by atoms with E-state index in [1.54, 1.807) is 18.2 Å². The molecule has 0 bridgehead atoms. The summed E-state index contributed by atoms with van der Waals surface area (Å²) >= 11 is 7.90. The first-order valence-corrected chi connectivity index (χ1v) is 7.20. The predicted molar refractivity (Wildman–Crippen MR) is 77.1 cm³/mol. The number of ether oxygens (including phenoxy) is 1. The van der Waals surface area contributed by atoms with Crippen LogP contribution in [0.1, 0.15) is 18.9 Å². The lowest BCUT2D eigenvalue weighted by Gasteiger charge is -2.08. The van der Waals surface area contributed by atoms with Crippen molar-refractivity contribution in [2.75, 3.05) is 18.1 Å². The van der Waals surface area contributed by atoms with Gasteiger partial charge in [0.15, 0.2) is 5.84 Å². The van der Waals surface area contributed by atoms with E-state index in [1.165, 1.54) is 0 Å². The number of nitrogens with zero attached hydrogens (tertiary/aromatic N) is 1. The van der Waals surface area contributed by atoms with Crippen molar-refractivity contribution in [1.29, 1.82) is 0 Å². The van der Waals surface area contributed by atoms with E-state index < -0.39 is 0 Å². The Kier molecular flexibility index (Phi) is 6.75. The van der Waals surface area contributed by atoms with Crippen LogP contribution in [0.15, 0.2) is 23.4 Å². The summed E-state index contributed by atoms with van der Waals surface area (Å²) in [6, 6.07) is 5.10. The predicted octanol–water partition coefficient (Wildman–Crippen LogP) is 2.96. The summed E-state index contributed by atoms with van der Waals surface area (Å²) < 4.78 is 5.56. The molecule has 0 aromatic heterocycles. The molecule has 0 saturated carbocycles. The van der Waals surface area contributed by atoms with Gasteiger partial charge in [-0.2, -0.15) is 11.8 Å². The van der Waals surface area contributed by atoms with E-state index in [2.05, 4.69) is 12.1 Å². The Bertz CT molecular complexity index is 413. The topological polar surface area (TPSA) is 67.8 Å². The molecule has 100 valence electrons. The van der Waals surface area contributed by atoms with Crippen LogP contribution in [0.5, 0.6) is 5.75 Å². The minimum atomic E-state index is -0.00843. The van der Waals surface area contributed by atoms with Crippen molar-refractivity contribution in [3.63, 3.8) is 0 Å². The quantitative estimate of drug-likeness (QED) is 0.266. The highest BCUT2D eigenvalue weighted by molar-refractivity contribution is 7.99. The van der Waals surface area contributed by atoms with Crippen LogP contribution in [-0.2, 0) is 0 Å². The summed E-state index contributed by atoms with van der Waals surface area (Å²) in [5, 5.41) is 11.9. The fraction of sp³-hybridized carbons (Fsp3) is 0.417. The minimum absolute atomic E-state index is 0.00843. The lowest BCUT2D eigenvalue weighted by atomic mass is 10.2. The Morgan fingerprint density at radius 3 is 2.94 bits per heavy atom. The van der Waals surface area contributed by atoms with Crippen molar-refractivity contribution in [2.45, 2.75) is 13.3 Å². The largest absolute Gasteiger partial charge is 0.494 e. The van der Waals surface area contributed by atoms with Crippen LogP contribution in [-0.4, -0.2) is 29.2 Å². The SMILES string of the molecule is CCSCCCOc1ccc(/C(N)=N/O)c(Cl)c1. The third-order valence-electron chi connectivity index (χ3n) is 2.23. The van der Waals surface area contributed by atoms with Crippen molar-refractivity contribution >= 4 is 29.2 Å². The van der Waals surface area contributed by atoms with Crippen LogP contribution in [0.25, 0.3) is 0 Å². The van der Waals surface area contributed by atoms with Gasteiger partial charge in [0.05, 0.1) is 11.6 Å². The first-order chi connectivity index (χ1) is 8.69. The Morgan fingerprint density at radius 1 is 1.56 bits per heavy atom. The van der Waals surface area contributed by atoms with Gasteiger partial charge in [-0.05, 0) is 36.1 Å². The molecule has 1 aromatic carbocycles. The van der Waals surface area contributed by atoms with Crippen molar-refractivity contribution in [1.82, 2.24) is 0 Å². The van der Waals surface area contributed by atoms with Gasteiger partial charge in [-0.25, -0.2) is 0 Å². The van der Waals surface area contributed by atoms with Crippen molar-refractivity contribution in [2.24, 2.45) is 10.9 Å². The van der Waals surface area contributed by atoms with E-state index in [9.17, 15) is 0 Å². The normalized spacial score (nSPS) is 11.6. The van der Waals surface area contributed by atoms with Crippen molar-refractivity contribution in [3.8, 4) is 5.75 Å². The molecule has 0 amide bonds. The minimum Gasteiger partial charge on any atom is -0.494 e. The molecule has 6 heteroatoms. The van der Waals surface area contributed by atoms with E-state index in [4.69, 9.17) is 27.3 Å². The first kappa shape index (κ1) is 15.0. The number of rotatable bonds is 7. The monoisotopic (exact) mass is 288 g/mol. The Morgan fingerprint density at radius 2 is 2.33 bits per heavy atom. The number of thioether (sulfide) groups is 1. The second-order valence-electron chi connectivity index (χ2n) is 3.53. The molecule has 0 radical (unpaired) electrons. The first-order valence-electron chi connectivity index (χ1n) is 5.67. The van der Waals surface area contributed by atoms with Crippen molar-refractivity contribution in [3.05, 3.63) is 28.8 Å². The molecule has 0 heterocycles. The highest BCUT2D eigenvalue weighted by atomic mass is 35.5. The summed E-state index contributed by atoms with van der Waals surface area (Å²) in [4.78, 5) is 0. The van der Waals surface area contributed by atoms with E-state index in [0.717, 1.165) is 17.9 Å². The molecule has 0 spiro atoms. The van der Waals surface area contributed by atoms with Crippen LogP contribution in [0, 0.1) is 0 Å². The summed E-state index contributed by atoms with van der Waals surface area (Å²) in [7, 11) is 0. The van der Waals surface area contributed by atoms with Gasteiger partial charge in [-0.3, -0.25) is 0 Å². The lowest BCUT2D eigenvalue weighted by Crippen LogP contribution is -2.13. The molecular formula is C12H17ClN2O2S. The molecule has 0 aliphatic heterocycles. The van der Waals surface area contributed by atoms with Gasteiger partial charge < -0.3 is 15.7 Å². The van der Waals surface area contributed by atoms with Gasteiger partial charge in [-0.15, -0.1) is 0 Å². The fourth-order valence-electron chi connectivity index (χ4n) is 1.34. The third-order valence-corrected chi connectivity index (χ3v) is 3.53. The number of oxime groups is 1. The van der Waals surface area contributed by atoms with E-state index in [1.807, 2.05) is 11.8 Å². The smallest absolute Gasteiger partial charge is 0.171 e. The highest BCUT2D eigenvalue weighted by Crippen LogP contribution is 2.22. The van der Waals surface area contributed by atoms with Crippen molar-refractivity contribution < 1.29 is 9.94 Å². The standard InChI is InChI=1S/C12H17ClN2O2S/c1-2-18-7-3-6-17-9-4-5-10(11(13)8-9)12(14)15-16/h4-5,8,16H,2-3,6-7H2,1H3,(H2,14,15). The second-order valence-corrected chi connectivity index (χ2v) is 5.33. The zero-order valence-electron chi connectivity index (χ0n) is 10.2. The van der Waals surface area contributed by atoms with E-state index in [-0.39, 0.29) is 5.84 Å². The van der Waals surface area contributed by atoms with E-state index in [0.29, 0.717) is 22.9 Å². The van der Waals surface area contributed by atoms with Gasteiger partial charge in [0.2, 0.25) is 0 Å². The molecule has 0 aliphatic carbocycles. The van der Waals surface area contributed by atoms with Crippen LogP contribution < -0.4 is 10.5 Å². The molecule has 1 rings (SSSR count). The number of halogens is 1. The number of hydrogen-bond donors (Lipinski definition) is 2. The maximum absolute atomic E-state index is 8.58. The zero-order valence-corrected chi connectivity index (χ0v) is 11.8. The van der Waals surface area contributed by atoms with Crippen LogP contribution in [0.4, 0.5) is 0 Å². The van der Waals surface area contributed by atoms with Gasteiger partial charge in [0, 0.05) is 5.56 Å². The molecule has 0 fully saturated rings. The molecular weight excluding hydrogens is 272 g/mol. The molecule has 0 aliphatic rings. The molecule has 4 nitrogen and oxygen atoms in total. The lowest BCUT2D eigenvalue weighted by molar-refractivity contribution is 0.317. The Hall–Kier alpha value is -1.07. The summed E-state index contributed by atoms with van der Waals surface area (Å²) in [6.45, 7) is 2.80. The summed E-state index contributed by atoms with van der Waals surface area (Å²) in [6.07, 6.45) is 0.998. The molecule has 0 atom stereocenters. The molecule has 1 aromatic rings. The number of amidine groups is 1. The average molecular weight is 289 g/mol. The average Bonchev–Trinajstić information content (AvgIpc) is 2.38. The summed E-state index contributed by atoms with van der Waals surface area (Å²) in [5.74, 6) is 2.90. The fourth-order valence-corrected chi connectivity index (χ4v) is 2.22. The van der Waals surface area contributed by atoms with Crippen LogP contribution in [0.2, 0.25) is 5.02 Å². The molecule has 0 unspecified atom stereocenters. The Labute approximate surface area is 116 Å². The zero-order chi connectivity index (χ0) is 13.4. The number of hydrogen-bond acceptors (Lipinski definition) is 4. The third kappa shape index (κ3) is 4.66. The van der Waals surface area contributed by atoms with Gasteiger partial charge in [0.1, 0.15) is 5.75 Å². The Balaban J connectivity index is 2.51. The molecule has 18 heavy (non-hydrogen) atoms. The van der Waals surface area contributed by atoms with E-state index >= 15 is 0 Å². The van der Waals surface area contributed by atoms with Gasteiger partial charge in [-0.1, -0.05) is 23.7 Å². The molecule has 3 N–H and O–H groups in total. The number of benzene rings is 1. The van der Waals surface area contributed by atoms with Gasteiger partial charge in [0.25, 0.3) is 0 Å². The molecule has 0 saturated heterocycles. The maximum atomic E-state index is 8.58. The van der Waals surface area contributed by atoms with Crippen LogP contribution in [0.3, 0.4) is 0 Å². The van der Waals surface area contributed by atoms with Crippen LogP contribution >= 0.6 is 23.4 Å².